The lowest BCUT2D eigenvalue weighted by Crippen LogP contribution is -2.41. The largest absolute Gasteiger partial charge is 0.480 e. The summed E-state index contributed by atoms with van der Waals surface area (Å²) in [4.78, 5) is 11.0. The highest BCUT2D eigenvalue weighted by Crippen LogP contribution is 2.25. The van der Waals surface area contributed by atoms with Crippen LogP contribution in [-0.2, 0) is 14.8 Å². The van der Waals surface area contributed by atoms with Gasteiger partial charge in [0.25, 0.3) is 10.0 Å². The van der Waals surface area contributed by atoms with Crippen LogP contribution < -0.4 is 4.72 Å². The van der Waals surface area contributed by atoms with Gasteiger partial charge in [0.1, 0.15) is 10.3 Å². The molecule has 1 aromatic heterocycles. The maximum absolute atomic E-state index is 11.9. The number of aliphatic carboxylic acids is 1. The van der Waals surface area contributed by atoms with Gasteiger partial charge in [0.05, 0.1) is 4.34 Å². The van der Waals surface area contributed by atoms with Gasteiger partial charge in [0.15, 0.2) is 0 Å². The second-order valence-corrected chi connectivity index (χ2v) is 7.86. The molecule has 0 bridgehead atoms. The van der Waals surface area contributed by atoms with Crippen LogP contribution in [0.4, 0.5) is 0 Å². The quantitative estimate of drug-likeness (QED) is 0.843. The normalized spacial score (nSPS) is 13.8. The van der Waals surface area contributed by atoms with Crippen molar-refractivity contribution in [3.63, 3.8) is 0 Å². The van der Waals surface area contributed by atoms with E-state index in [0.29, 0.717) is 4.34 Å². The summed E-state index contributed by atoms with van der Waals surface area (Å²) in [5.41, 5.74) is 0. The van der Waals surface area contributed by atoms with Gasteiger partial charge in [-0.2, -0.15) is 4.72 Å². The van der Waals surface area contributed by atoms with Crippen molar-refractivity contribution in [2.24, 2.45) is 5.92 Å². The Hall–Kier alpha value is -0.630. The van der Waals surface area contributed by atoms with Crippen LogP contribution in [0.5, 0.6) is 0 Å². The van der Waals surface area contributed by atoms with Crippen molar-refractivity contribution < 1.29 is 18.3 Å². The van der Waals surface area contributed by atoms with Gasteiger partial charge in [0.2, 0.25) is 0 Å². The minimum absolute atomic E-state index is 0.0162. The number of carboxylic acids is 1. The van der Waals surface area contributed by atoms with Crippen LogP contribution in [-0.4, -0.2) is 25.5 Å². The van der Waals surface area contributed by atoms with Gasteiger partial charge in [0, 0.05) is 0 Å². The fourth-order valence-electron chi connectivity index (χ4n) is 1.36. The van der Waals surface area contributed by atoms with Crippen LogP contribution in [0.2, 0.25) is 4.34 Å². The SMILES string of the molecule is CC(C)CC(NS(=O)(=O)c1ccc(Cl)s1)C(=O)O. The van der Waals surface area contributed by atoms with E-state index in [2.05, 4.69) is 4.72 Å². The van der Waals surface area contributed by atoms with E-state index in [1.54, 1.807) is 0 Å². The van der Waals surface area contributed by atoms with E-state index in [1.165, 1.54) is 12.1 Å². The molecule has 0 fully saturated rings. The second-order valence-electron chi connectivity index (χ2n) is 4.20. The molecule has 0 aliphatic rings. The molecular weight excluding hydrogens is 298 g/mol. The Balaban J connectivity index is 2.89. The predicted molar refractivity (Wildman–Crippen MR) is 70.5 cm³/mol. The van der Waals surface area contributed by atoms with Gasteiger partial charge in [-0.25, -0.2) is 8.42 Å². The summed E-state index contributed by atoms with van der Waals surface area (Å²) in [5, 5.41) is 8.99. The van der Waals surface area contributed by atoms with Gasteiger partial charge >= 0.3 is 5.97 Å². The van der Waals surface area contributed by atoms with Crippen molar-refractivity contribution in [1.82, 2.24) is 4.72 Å². The van der Waals surface area contributed by atoms with Crippen LogP contribution in [0.15, 0.2) is 16.3 Å². The Labute approximate surface area is 115 Å². The number of carbonyl (C=O) groups is 1. The minimum atomic E-state index is -3.83. The topological polar surface area (TPSA) is 83.5 Å². The lowest BCUT2D eigenvalue weighted by Gasteiger charge is -2.15. The summed E-state index contributed by atoms with van der Waals surface area (Å²) >= 11 is 6.55. The molecule has 0 spiro atoms. The van der Waals surface area contributed by atoms with E-state index in [4.69, 9.17) is 16.7 Å². The molecule has 0 saturated carbocycles. The molecule has 1 aromatic rings. The molecule has 0 saturated heterocycles. The molecule has 0 aromatic carbocycles. The number of carboxylic acid groups (broad SMARTS) is 1. The first kappa shape index (κ1) is 15.4. The van der Waals surface area contributed by atoms with E-state index >= 15 is 0 Å². The molecule has 102 valence electrons. The number of nitrogens with one attached hydrogen (secondary N) is 1. The van der Waals surface area contributed by atoms with Crippen molar-refractivity contribution in [2.45, 2.75) is 30.5 Å². The molecule has 1 atom stereocenters. The third kappa shape index (κ3) is 4.24. The van der Waals surface area contributed by atoms with Crippen molar-refractivity contribution in [2.75, 3.05) is 0 Å². The van der Waals surface area contributed by atoms with E-state index < -0.39 is 22.0 Å². The molecule has 0 aliphatic heterocycles. The van der Waals surface area contributed by atoms with Crippen LogP contribution >= 0.6 is 22.9 Å². The lowest BCUT2D eigenvalue weighted by atomic mass is 10.1. The molecule has 1 unspecified atom stereocenters. The van der Waals surface area contributed by atoms with E-state index in [0.717, 1.165) is 11.3 Å². The van der Waals surface area contributed by atoms with Gasteiger partial charge in [-0.1, -0.05) is 25.4 Å². The summed E-state index contributed by atoms with van der Waals surface area (Å²) in [5.74, 6) is -1.12. The van der Waals surface area contributed by atoms with E-state index in [1.807, 2.05) is 13.8 Å². The van der Waals surface area contributed by atoms with Crippen LogP contribution in [0.3, 0.4) is 0 Å². The Morgan fingerprint density at radius 1 is 1.50 bits per heavy atom. The third-order valence-electron chi connectivity index (χ3n) is 2.12. The van der Waals surface area contributed by atoms with Gasteiger partial charge < -0.3 is 5.11 Å². The maximum Gasteiger partial charge on any atom is 0.321 e. The average Bonchev–Trinajstić information content (AvgIpc) is 2.63. The monoisotopic (exact) mass is 311 g/mol. The second kappa shape index (κ2) is 6.01. The van der Waals surface area contributed by atoms with Crippen molar-refractivity contribution >= 4 is 38.9 Å². The first-order chi connectivity index (χ1) is 8.22. The number of hydrogen-bond acceptors (Lipinski definition) is 4. The van der Waals surface area contributed by atoms with Gasteiger partial charge in [-0.05, 0) is 24.5 Å². The van der Waals surface area contributed by atoms with E-state index in [-0.39, 0.29) is 16.5 Å². The summed E-state index contributed by atoms with van der Waals surface area (Å²) in [6.07, 6.45) is 0.230. The Morgan fingerprint density at radius 3 is 2.50 bits per heavy atom. The highest BCUT2D eigenvalue weighted by Gasteiger charge is 2.26. The zero-order chi connectivity index (χ0) is 13.9. The number of thiophene rings is 1. The highest BCUT2D eigenvalue weighted by atomic mass is 35.5. The Kier molecular flexibility index (Phi) is 5.15. The molecule has 1 rings (SSSR count). The summed E-state index contributed by atoms with van der Waals surface area (Å²) < 4.78 is 26.4. The number of sulfonamides is 1. The van der Waals surface area contributed by atoms with E-state index in [9.17, 15) is 13.2 Å². The number of halogens is 1. The number of hydrogen-bond donors (Lipinski definition) is 2. The zero-order valence-corrected chi connectivity index (χ0v) is 12.3. The fourth-order valence-corrected chi connectivity index (χ4v) is 4.06. The summed E-state index contributed by atoms with van der Waals surface area (Å²) in [6, 6.07) is 1.68. The maximum atomic E-state index is 11.9. The van der Waals surface area contributed by atoms with Crippen LogP contribution in [0.25, 0.3) is 0 Å². The summed E-state index contributed by atoms with van der Waals surface area (Å²) in [7, 11) is -3.83. The molecule has 18 heavy (non-hydrogen) atoms. The average molecular weight is 312 g/mol. The zero-order valence-electron chi connectivity index (χ0n) is 9.88. The molecule has 2 N–H and O–H groups in total. The molecule has 0 amide bonds. The van der Waals surface area contributed by atoms with Gasteiger partial charge in [-0.15, -0.1) is 11.3 Å². The predicted octanol–water partition coefficient (Wildman–Crippen LogP) is 2.18. The van der Waals surface area contributed by atoms with Crippen LogP contribution in [0.1, 0.15) is 20.3 Å². The highest BCUT2D eigenvalue weighted by molar-refractivity contribution is 7.91. The van der Waals surface area contributed by atoms with Gasteiger partial charge in [-0.3, -0.25) is 4.79 Å². The lowest BCUT2D eigenvalue weighted by molar-refractivity contribution is -0.139. The minimum Gasteiger partial charge on any atom is -0.480 e. The van der Waals surface area contributed by atoms with Crippen LogP contribution in [0, 0.1) is 5.92 Å². The molecule has 5 nitrogen and oxygen atoms in total. The third-order valence-corrected chi connectivity index (χ3v) is 5.31. The Bertz CT molecular complexity index is 524. The molecule has 0 aliphatic carbocycles. The summed E-state index contributed by atoms with van der Waals surface area (Å²) in [6.45, 7) is 3.65. The molecule has 8 heteroatoms. The first-order valence-corrected chi connectivity index (χ1v) is 7.90. The Morgan fingerprint density at radius 2 is 2.11 bits per heavy atom. The molecular formula is C10H14ClNO4S2. The molecule has 0 radical (unpaired) electrons. The van der Waals surface area contributed by atoms with Crippen molar-refractivity contribution in [3.05, 3.63) is 16.5 Å². The first-order valence-electron chi connectivity index (χ1n) is 5.23. The molecule has 1 heterocycles. The standard InChI is InChI=1S/C10H14ClNO4S2/c1-6(2)5-7(10(13)14)12-18(15,16)9-4-3-8(11)17-9/h3-4,6-7,12H,5H2,1-2H3,(H,13,14). The number of rotatable bonds is 6. The van der Waals surface area contributed by atoms with Crippen molar-refractivity contribution in [3.8, 4) is 0 Å². The smallest absolute Gasteiger partial charge is 0.321 e. The van der Waals surface area contributed by atoms with Crippen molar-refractivity contribution in [1.29, 1.82) is 0 Å². The fraction of sp³-hybridized carbons (Fsp3) is 0.500.